The highest BCUT2D eigenvalue weighted by atomic mass is 35.5. The minimum atomic E-state index is 0.560. The Morgan fingerprint density at radius 3 is 2.23 bits per heavy atom. The topological polar surface area (TPSA) is 52.0 Å². The van der Waals surface area contributed by atoms with Gasteiger partial charge < -0.3 is 10.1 Å². The first-order valence-electron chi connectivity index (χ1n) is 11.3. The number of ether oxygens (including phenoxy) is 1. The van der Waals surface area contributed by atoms with E-state index in [9.17, 15) is 0 Å². The van der Waals surface area contributed by atoms with Gasteiger partial charge in [0.05, 0.1) is 17.7 Å². The number of hydrogen-bond donors (Lipinski definition) is 1. The van der Waals surface area contributed by atoms with Gasteiger partial charge in [-0.15, -0.1) is 0 Å². The molecule has 7 heteroatoms. The van der Waals surface area contributed by atoms with E-state index in [-0.39, 0.29) is 0 Å². The van der Waals surface area contributed by atoms with Crippen LogP contribution in [0.15, 0.2) is 79.1 Å². The molecule has 0 spiro atoms. The fourth-order valence-corrected chi connectivity index (χ4v) is 4.57. The van der Waals surface area contributed by atoms with Crippen LogP contribution in [0.5, 0.6) is 0 Å². The molecule has 0 amide bonds. The number of hydrogen-bond acceptors (Lipinski definition) is 4. The Morgan fingerprint density at radius 1 is 0.886 bits per heavy atom. The van der Waals surface area contributed by atoms with Gasteiger partial charge in [-0.25, -0.2) is 9.97 Å². The zero-order valence-corrected chi connectivity index (χ0v) is 20.9. The van der Waals surface area contributed by atoms with E-state index in [4.69, 9.17) is 32.9 Å². The molecule has 0 aliphatic heterocycles. The van der Waals surface area contributed by atoms with Crippen molar-refractivity contribution in [2.45, 2.75) is 6.92 Å². The van der Waals surface area contributed by atoms with E-state index in [0.29, 0.717) is 23.2 Å². The van der Waals surface area contributed by atoms with Gasteiger partial charge in [0.1, 0.15) is 12.1 Å². The van der Waals surface area contributed by atoms with Crippen molar-refractivity contribution in [3.05, 3.63) is 94.7 Å². The zero-order chi connectivity index (χ0) is 24.4. The Labute approximate surface area is 214 Å². The van der Waals surface area contributed by atoms with Crippen molar-refractivity contribution in [1.29, 1.82) is 0 Å². The van der Waals surface area contributed by atoms with Crippen LogP contribution in [-0.2, 0) is 4.74 Å². The summed E-state index contributed by atoms with van der Waals surface area (Å²) in [5.74, 6) is 0.749. The maximum Gasteiger partial charge on any atom is 0.151 e. The largest absolute Gasteiger partial charge is 0.383 e. The summed E-state index contributed by atoms with van der Waals surface area (Å²) in [4.78, 5) is 9.39. The van der Waals surface area contributed by atoms with Gasteiger partial charge in [0.25, 0.3) is 0 Å². The fraction of sp³-hybridized carbons (Fsp3) is 0.143. The van der Waals surface area contributed by atoms with Crippen molar-refractivity contribution < 1.29 is 4.74 Å². The Balaban J connectivity index is 1.91. The lowest BCUT2D eigenvalue weighted by atomic mass is 9.98. The number of aryl methyl sites for hydroxylation is 1. The molecule has 0 unspecified atom stereocenters. The highest BCUT2D eigenvalue weighted by molar-refractivity contribution is 6.31. The number of benzene rings is 3. The van der Waals surface area contributed by atoms with Crippen molar-refractivity contribution in [2.75, 3.05) is 25.6 Å². The van der Waals surface area contributed by atoms with Crippen LogP contribution in [0.4, 0.5) is 5.82 Å². The summed E-state index contributed by atoms with van der Waals surface area (Å²) in [6.45, 7) is 3.27. The maximum atomic E-state index is 6.26. The summed E-state index contributed by atoms with van der Waals surface area (Å²) in [6, 6.07) is 24.2. The van der Waals surface area contributed by atoms with Crippen LogP contribution in [0.1, 0.15) is 5.56 Å². The normalized spacial score (nSPS) is 11.2. The molecule has 0 atom stereocenters. The Hall–Kier alpha value is -3.38. The molecule has 176 valence electrons. The SMILES string of the molecule is COCCNc1ncnc2c1c(-c1ccc(Cl)cc1)c(-c1ccc(Cl)cc1)n2-c1cccc(C)c1. The first-order valence-corrected chi connectivity index (χ1v) is 12.0. The molecule has 0 fully saturated rings. The lowest BCUT2D eigenvalue weighted by Crippen LogP contribution is -2.09. The molecule has 35 heavy (non-hydrogen) atoms. The van der Waals surface area contributed by atoms with Crippen molar-refractivity contribution in [3.8, 4) is 28.1 Å². The Kier molecular flexibility index (Phi) is 6.73. The van der Waals surface area contributed by atoms with Crippen LogP contribution in [0.25, 0.3) is 39.1 Å². The lowest BCUT2D eigenvalue weighted by Gasteiger charge is -2.13. The van der Waals surface area contributed by atoms with Crippen molar-refractivity contribution in [1.82, 2.24) is 14.5 Å². The van der Waals surface area contributed by atoms with Crippen molar-refractivity contribution in [2.24, 2.45) is 0 Å². The first-order chi connectivity index (χ1) is 17.1. The van der Waals surface area contributed by atoms with Crippen LogP contribution in [0, 0.1) is 6.92 Å². The average Bonchev–Trinajstić information content (AvgIpc) is 3.21. The molecular formula is C28H24Cl2N4O. The summed E-state index contributed by atoms with van der Waals surface area (Å²) >= 11 is 12.5. The van der Waals surface area contributed by atoms with Crippen LogP contribution >= 0.6 is 23.2 Å². The number of nitrogens with zero attached hydrogens (tertiary/aromatic N) is 3. The summed E-state index contributed by atoms with van der Waals surface area (Å²) in [5.41, 5.74) is 7.03. The predicted octanol–water partition coefficient (Wildman–Crippen LogP) is 7.43. The standard InChI is InChI=1S/C28H24Cl2N4O/c1-18-4-3-5-23(16-18)34-26(20-8-12-22(30)13-9-20)24(19-6-10-21(29)11-7-19)25-27(31-14-15-35-2)32-17-33-28(25)34/h3-13,16-17H,14-15H2,1-2H3,(H,31,32,33). The molecule has 3 aromatic carbocycles. The number of rotatable bonds is 7. The summed E-state index contributed by atoms with van der Waals surface area (Å²) in [7, 11) is 1.68. The van der Waals surface area contributed by atoms with Gasteiger partial charge in [-0.2, -0.15) is 0 Å². The summed E-state index contributed by atoms with van der Waals surface area (Å²) in [6.07, 6.45) is 1.60. The van der Waals surface area contributed by atoms with Crippen LogP contribution in [0.3, 0.4) is 0 Å². The second-order valence-electron chi connectivity index (χ2n) is 8.25. The van der Waals surface area contributed by atoms with Gasteiger partial charge in [-0.3, -0.25) is 4.57 Å². The van der Waals surface area contributed by atoms with E-state index in [1.807, 2.05) is 48.5 Å². The minimum absolute atomic E-state index is 0.560. The third-order valence-corrected chi connectivity index (χ3v) is 6.36. The van der Waals surface area contributed by atoms with Crippen LogP contribution in [0.2, 0.25) is 10.0 Å². The third kappa shape index (κ3) is 4.63. The van der Waals surface area contributed by atoms with Crippen LogP contribution < -0.4 is 5.32 Å². The predicted molar refractivity (Wildman–Crippen MR) is 145 cm³/mol. The Morgan fingerprint density at radius 2 is 1.57 bits per heavy atom. The van der Waals surface area contributed by atoms with Gasteiger partial charge >= 0.3 is 0 Å². The lowest BCUT2D eigenvalue weighted by molar-refractivity contribution is 0.210. The maximum absolute atomic E-state index is 6.26. The molecule has 5 aromatic rings. The van der Waals surface area contributed by atoms with Crippen LogP contribution in [-0.4, -0.2) is 34.8 Å². The molecule has 1 N–H and O–H groups in total. The smallest absolute Gasteiger partial charge is 0.151 e. The molecule has 0 saturated heterocycles. The van der Waals surface area contributed by atoms with E-state index >= 15 is 0 Å². The van der Waals surface area contributed by atoms with E-state index < -0.39 is 0 Å². The summed E-state index contributed by atoms with van der Waals surface area (Å²) in [5, 5.41) is 5.73. The zero-order valence-electron chi connectivity index (χ0n) is 19.4. The second kappa shape index (κ2) is 10.1. The first kappa shape index (κ1) is 23.4. The van der Waals surface area contributed by atoms with Gasteiger partial charge in [-0.1, -0.05) is 59.6 Å². The molecule has 5 nitrogen and oxygen atoms in total. The summed E-state index contributed by atoms with van der Waals surface area (Å²) < 4.78 is 7.45. The monoisotopic (exact) mass is 502 g/mol. The molecule has 2 aromatic heterocycles. The van der Waals surface area contributed by atoms with Crippen molar-refractivity contribution in [3.63, 3.8) is 0 Å². The number of halogens is 2. The molecular weight excluding hydrogens is 479 g/mol. The molecule has 0 aliphatic rings. The number of aromatic nitrogens is 3. The molecule has 0 saturated carbocycles. The van der Waals surface area contributed by atoms with E-state index in [0.717, 1.165) is 50.5 Å². The third-order valence-electron chi connectivity index (χ3n) is 5.86. The molecule has 2 heterocycles. The molecule has 0 aliphatic carbocycles. The van der Waals surface area contributed by atoms with Gasteiger partial charge in [0.15, 0.2) is 5.65 Å². The minimum Gasteiger partial charge on any atom is -0.383 e. The molecule has 5 rings (SSSR count). The Bertz CT molecular complexity index is 1480. The van der Waals surface area contributed by atoms with Crippen molar-refractivity contribution >= 4 is 40.1 Å². The number of methoxy groups -OCH3 is 1. The van der Waals surface area contributed by atoms with E-state index in [2.05, 4.69) is 46.1 Å². The highest BCUT2D eigenvalue weighted by Gasteiger charge is 2.25. The van der Waals surface area contributed by atoms with Gasteiger partial charge in [-0.05, 0) is 60.0 Å². The number of anilines is 1. The molecule has 0 radical (unpaired) electrons. The van der Waals surface area contributed by atoms with Gasteiger partial charge in [0.2, 0.25) is 0 Å². The number of fused-ring (bicyclic) bond motifs is 1. The highest BCUT2D eigenvalue weighted by Crippen LogP contribution is 2.44. The van der Waals surface area contributed by atoms with E-state index in [1.165, 1.54) is 0 Å². The fourth-order valence-electron chi connectivity index (χ4n) is 4.31. The quantitative estimate of drug-likeness (QED) is 0.235. The second-order valence-corrected chi connectivity index (χ2v) is 9.13. The van der Waals surface area contributed by atoms with Gasteiger partial charge in [0, 0.05) is 35.0 Å². The average molecular weight is 503 g/mol. The molecule has 0 bridgehead atoms. The van der Waals surface area contributed by atoms with E-state index in [1.54, 1.807) is 13.4 Å². The number of nitrogens with one attached hydrogen (secondary N) is 1.